The second-order valence-electron chi connectivity index (χ2n) is 9.71. The molecule has 0 spiro atoms. The smallest absolute Gasteiger partial charge is 0.282 e. The fourth-order valence-electron chi connectivity index (χ4n) is 5.08. The van der Waals surface area contributed by atoms with E-state index in [1.807, 2.05) is 37.3 Å². The summed E-state index contributed by atoms with van der Waals surface area (Å²) < 4.78 is 35.9. The van der Waals surface area contributed by atoms with Gasteiger partial charge in [-0.05, 0) is 44.6 Å². The number of nitrogens with zero attached hydrogens (tertiary/aromatic N) is 3. The maximum atomic E-state index is 13.7. The Morgan fingerprint density at radius 2 is 1.97 bits per heavy atom. The molecule has 1 saturated carbocycles. The van der Waals surface area contributed by atoms with Crippen LogP contribution >= 0.6 is 0 Å². The third kappa shape index (κ3) is 5.05. The lowest BCUT2D eigenvalue weighted by Gasteiger charge is -2.43. The Labute approximate surface area is 201 Å². The third-order valence-electron chi connectivity index (χ3n) is 7.09. The molecule has 2 aliphatic heterocycles. The monoisotopic (exact) mass is 487 g/mol. The summed E-state index contributed by atoms with van der Waals surface area (Å²) in [5.74, 6) is 0.924. The third-order valence-corrected chi connectivity index (χ3v) is 9.30. The van der Waals surface area contributed by atoms with Crippen LogP contribution in [0.1, 0.15) is 60.3 Å². The van der Waals surface area contributed by atoms with Gasteiger partial charge in [0.2, 0.25) is 0 Å². The Kier molecular flexibility index (Phi) is 6.74. The molecule has 0 radical (unpaired) electrons. The van der Waals surface area contributed by atoms with Crippen LogP contribution < -0.4 is 10.6 Å². The Morgan fingerprint density at radius 1 is 1.18 bits per heavy atom. The maximum Gasteiger partial charge on any atom is 0.282 e. The molecule has 1 aliphatic carbocycles. The van der Waals surface area contributed by atoms with Crippen molar-refractivity contribution in [2.24, 2.45) is 0 Å². The SMILES string of the molecule is C[C@H]1C[C@@H](NC(=O)c2cc(C3CC3)on2)CCN1S(=O)(=O)N1CCNCC1Cc1ccccc1. The topological polar surface area (TPSA) is 108 Å². The Hall–Kier alpha value is -2.27. The van der Waals surface area contributed by atoms with E-state index in [-0.39, 0.29) is 24.0 Å². The number of piperidine rings is 1. The van der Waals surface area contributed by atoms with Gasteiger partial charge >= 0.3 is 0 Å². The van der Waals surface area contributed by atoms with Crippen LogP contribution in [0.2, 0.25) is 0 Å². The molecule has 1 aromatic heterocycles. The summed E-state index contributed by atoms with van der Waals surface area (Å²) in [5, 5.41) is 10.3. The highest BCUT2D eigenvalue weighted by molar-refractivity contribution is 7.86. The summed E-state index contributed by atoms with van der Waals surface area (Å²) in [4.78, 5) is 12.6. The van der Waals surface area contributed by atoms with Gasteiger partial charge in [-0.1, -0.05) is 35.5 Å². The maximum absolute atomic E-state index is 13.7. The number of amides is 1. The molecule has 5 rings (SSSR count). The van der Waals surface area contributed by atoms with Gasteiger partial charge in [0.15, 0.2) is 5.69 Å². The number of hydrogen-bond donors (Lipinski definition) is 2. The summed E-state index contributed by atoms with van der Waals surface area (Å²) in [5.41, 5.74) is 1.43. The molecule has 1 amide bonds. The largest absolute Gasteiger partial charge is 0.360 e. The highest BCUT2D eigenvalue weighted by atomic mass is 32.2. The minimum Gasteiger partial charge on any atom is -0.360 e. The second-order valence-corrected chi connectivity index (χ2v) is 11.5. The van der Waals surface area contributed by atoms with Crippen LogP contribution in [0.5, 0.6) is 0 Å². The number of nitrogens with one attached hydrogen (secondary N) is 2. The van der Waals surface area contributed by atoms with Crippen molar-refractivity contribution in [3.63, 3.8) is 0 Å². The number of piperazine rings is 1. The van der Waals surface area contributed by atoms with Gasteiger partial charge in [-0.3, -0.25) is 4.79 Å². The normalized spacial score (nSPS) is 26.9. The Balaban J connectivity index is 1.21. The lowest BCUT2D eigenvalue weighted by Crippen LogP contribution is -2.61. The standard InChI is InChI=1S/C24H33N5O4S/c1-17-13-20(26-24(30)22-15-23(33-27-22)19-7-8-19)9-11-28(17)34(31,32)29-12-10-25-16-21(29)14-18-5-3-2-4-6-18/h2-6,15,17,19-21,25H,7-14,16H2,1H3,(H,26,30)/t17-,20-,21?/m0/s1. The fourth-order valence-corrected chi connectivity index (χ4v) is 7.08. The summed E-state index contributed by atoms with van der Waals surface area (Å²) in [6.07, 6.45) is 3.97. The number of hydrogen-bond acceptors (Lipinski definition) is 6. The van der Waals surface area contributed by atoms with Crippen molar-refractivity contribution >= 4 is 16.1 Å². The molecule has 3 heterocycles. The van der Waals surface area contributed by atoms with Gasteiger partial charge in [0.25, 0.3) is 16.1 Å². The van der Waals surface area contributed by atoms with Gasteiger partial charge in [0, 0.05) is 56.3 Å². The molecule has 1 unspecified atom stereocenters. The van der Waals surface area contributed by atoms with Crippen LogP contribution in [0.3, 0.4) is 0 Å². The fraction of sp³-hybridized carbons (Fsp3) is 0.583. The quantitative estimate of drug-likeness (QED) is 0.618. The van der Waals surface area contributed by atoms with E-state index in [1.54, 1.807) is 14.7 Å². The molecule has 2 saturated heterocycles. The molecule has 3 atom stereocenters. The number of carbonyl (C=O) groups is 1. The van der Waals surface area contributed by atoms with Crippen molar-refractivity contribution in [3.8, 4) is 0 Å². The first kappa shape index (κ1) is 23.5. The zero-order valence-electron chi connectivity index (χ0n) is 19.5. The first-order chi connectivity index (χ1) is 16.4. The Bertz CT molecular complexity index is 1100. The van der Waals surface area contributed by atoms with Gasteiger partial charge in [-0.25, -0.2) is 0 Å². The molecular weight excluding hydrogens is 454 g/mol. The number of aromatic nitrogens is 1. The van der Waals surface area contributed by atoms with Gasteiger partial charge in [-0.15, -0.1) is 0 Å². The molecule has 1 aromatic carbocycles. The second kappa shape index (κ2) is 9.77. The molecule has 3 fully saturated rings. The molecule has 2 N–H and O–H groups in total. The summed E-state index contributed by atoms with van der Waals surface area (Å²) in [7, 11) is -3.62. The van der Waals surface area contributed by atoms with E-state index >= 15 is 0 Å². The van der Waals surface area contributed by atoms with Crippen LogP contribution in [-0.2, 0) is 16.6 Å². The number of rotatable bonds is 7. The summed E-state index contributed by atoms with van der Waals surface area (Å²) in [6, 6.07) is 11.3. The highest BCUT2D eigenvalue weighted by Crippen LogP contribution is 2.40. The van der Waals surface area contributed by atoms with Crippen molar-refractivity contribution in [2.75, 3.05) is 26.2 Å². The van der Waals surface area contributed by atoms with Crippen LogP contribution in [0.25, 0.3) is 0 Å². The molecule has 9 nitrogen and oxygen atoms in total. The summed E-state index contributed by atoms with van der Waals surface area (Å²) >= 11 is 0. The van der Waals surface area contributed by atoms with Crippen molar-refractivity contribution in [2.45, 2.75) is 63.1 Å². The molecule has 3 aliphatic rings. The predicted molar refractivity (Wildman–Crippen MR) is 128 cm³/mol. The van der Waals surface area contributed by atoms with Crippen molar-refractivity contribution in [3.05, 3.63) is 53.4 Å². The zero-order valence-corrected chi connectivity index (χ0v) is 20.3. The Morgan fingerprint density at radius 3 is 2.71 bits per heavy atom. The molecule has 0 bridgehead atoms. The van der Waals surface area contributed by atoms with Crippen LogP contribution in [0.4, 0.5) is 0 Å². The molecule has 34 heavy (non-hydrogen) atoms. The van der Waals surface area contributed by atoms with Crippen molar-refractivity contribution in [1.82, 2.24) is 24.4 Å². The van der Waals surface area contributed by atoms with Gasteiger partial charge in [-0.2, -0.15) is 17.0 Å². The van der Waals surface area contributed by atoms with Crippen LogP contribution in [0, 0.1) is 0 Å². The van der Waals surface area contributed by atoms with E-state index in [4.69, 9.17) is 4.52 Å². The number of benzene rings is 1. The van der Waals surface area contributed by atoms with E-state index in [0.717, 1.165) is 24.2 Å². The zero-order chi connectivity index (χ0) is 23.7. The first-order valence-electron chi connectivity index (χ1n) is 12.2. The predicted octanol–water partition coefficient (Wildman–Crippen LogP) is 1.90. The molecular formula is C24H33N5O4S. The van der Waals surface area contributed by atoms with Gasteiger partial charge in [0.1, 0.15) is 5.76 Å². The number of carbonyl (C=O) groups excluding carboxylic acids is 1. The molecule has 184 valence electrons. The average Bonchev–Trinajstić information content (AvgIpc) is 3.56. The lowest BCUT2D eigenvalue weighted by atomic mass is 10.0. The molecule has 10 heteroatoms. The van der Waals surface area contributed by atoms with E-state index < -0.39 is 10.2 Å². The average molecular weight is 488 g/mol. The van der Waals surface area contributed by atoms with Gasteiger partial charge in [0.05, 0.1) is 0 Å². The minimum absolute atomic E-state index is 0.0989. The first-order valence-corrected chi connectivity index (χ1v) is 13.6. The molecule has 2 aromatic rings. The van der Waals surface area contributed by atoms with Crippen LogP contribution in [-0.4, -0.2) is 72.4 Å². The van der Waals surface area contributed by atoms with E-state index in [9.17, 15) is 13.2 Å². The summed E-state index contributed by atoms with van der Waals surface area (Å²) in [6.45, 7) is 4.04. The minimum atomic E-state index is -3.62. The van der Waals surface area contributed by atoms with E-state index in [2.05, 4.69) is 15.8 Å². The van der Waals surface area contributed by atoms with Crippen LogP contribution in [0.15, 0.2) is 40.9 Å². The van der Waals surface area contributed by atoms with Crippen molar-refractivity contribution in [1.29, 1.82) is 0 Å². The van der Waals surface area contributed by atoms with E-state index in [1.165, 1.54) is 0 Å². The van der Waals surface area contributed by atoms with E-state index in [0.29, 0.717) is 57.1 Å². The lowest BCUT2D eigenvalue weighted by molar-refractivity contribution is 0.0902. The van der Waals surface area contributed by atoms with Crippen molar-refractivity contribution < 1.29 is 17.7 Å². The highest BCUT2D eigenvalue weighted by Gasteiger charge is 2.41. The van der Waals surface area contributed by atoms with Gasteiger partial charge < -0.3 is 15.2 Å².